The molecule has 1 N–H and O–H groups in total. The normalized spacial score (nSPS) is 33.6. The molecule has 0 saturated heterocycles. The van der Waals surface area contributed by atoms with Crippen molar-refractivity contribution >= 4 is 34.6 Å². The van der Waals surface area contributed by atoms with Gasteiger partial charge in [-0.2, -0.15) is 0 Å². The second-order valence-corrected chi connectivity index (χ2v) is 17.4. The molecule has 9 heteroatoms. The lowest BCUT2D eigenvalue weighted by Gasteiger charge is -2.64. The predicted molar refractivity (Wildman–Crippen MR) is 206 cm³/mol. The summed E-state index contributed by atoms with van der Waals surface area (Å²) in [4.78, 5) is 52.4. The van der Waals surface area contributed by atoms with E-state index in [9.17, 15) is 24.3 Å². The molecule has 3 aromatic carbocycles. The molecule has 3 aromatic rings. The highest BCUT2D eigenvalue weighted by Gasteiger charge is 2.67. The highest BCUT2D eigenvalue weighted by Crippen LogP contribution is 2.69. The fraction of sp³-hybridized carbons (Fsp3) is 0.565. The molecule has 0 aromatic heterocycles. The van der Waals surface area contributed by atoms with Crippen molar-refractivity contribution in [1.82, 2.24) is 0 Å². The van der Waals surface area contributed by atoms with Crippen LogP contribution in [0.2, 0.25) is 0 Å². The predicted octanol–water partition coefficient (Wildman–Crippen LogP) is 8.41. The Bertz CT molecular complexity index is 1890. The van der Waals surface area contributed by atoms with E-state index in [0.717, 1.165) is 30.0 Å². The van der Waals surface area contributed by atoms with Crippen LogP contribution in [0.4, 0.5) is 0 Å². The summed E-state index contributed by atoms with van der Waals surface area (Å²) in [6, 6.07) is 22.5. The van der Waals surface area contributed by atoms with Crippen LogP contribution in [0.5, 0.6) is 0 Å². The Labute approximate surface area is 324 Å². The zero-order valence-electron chi connectivity index (χ0n) is 32.8. The van der Waals surface area contributed by atoms with E-state index in [1.807, 2.05) is 48.5 Å². The quantitative estimate of drug-likeness (QED) is 0.161. The van der Waals surface area contributed by atoms with Gasteiger partial charge in [0.15, 0.2) is 6.10 Å². The summed E-state index contributed by atoms with van der Waals surface area (Å²) in [5, 5.41) is 12.8. The lowest BCUT2D eigenvalue weighted by atomic mass is 9.43. The number of esters is 4. The minimum atomic E-state index is -1.37. The van der Waals surface area contributed by atoms with E-state index in [0.29, 0.717) is 49.7 Å². The number of ether oxygens (including phenoxy) is 4. The third kappa shape index (κ3) is 7.41. The van der Waals surface area contributed by atoms with Crippen LogP contribution in [0, 0.1) is 46.3 Å². The highest BCUT2D eigenvalue weighted by atomic mass is 16.6. The Balaban J connectivity index is 1.21. The van der Waals surface area contributed by atoms with Crippen molar-refractivity contribution in [2.45, 2.75) is 110 Å². The topological polar surface area (TPSA) is 125 Å². The molecule has 7 rings (SSSR count). The number of carbonyl (C=O) groups is 4. The molecule has 0 heterocycles. The fourth-order valence-corrected chi connectivity index (χ4v) is 11.8. The zero-order valence-corrected chi connectivity index (χ0v) is 32.8. The van der Waals surface area contributed by atoms with Crippen molar-refractivity contribution in [2.24, 2.45) is 46.3 Å². The van der Waals surface area contributed by atoms with Crippen LogP contribution in [0.3, 0.4) is 0 Å². The Kier molecular flexibility index (Phi) is 11.1. The molecule has 0 amide bonds. The van der Waals surface area contributed by atoms with E-state index in [4.69, 9.17) is 18.9 Å². The number of hydrogen-bond acceptors (Lipinski definition) is 9. The van der Waals surface area contributed by atoms with Crippen LogP contribution < -0.4 is 0 Å². The Morgan fingerprint density at radius 1 is 0.836 bits per heavy atom. The van der Waals surface area contributed by atoms with Crippen molar-refractivity contribution in [3.8, 4) is 0 Å². The maximum absolute atomic E-state index is 14.2. The third-order valence-electron chi connectivity index (χ3n) is 14.6. The van der Waals surface area contributed by atoms with Crippen LogP contribution in [-0.2, 0) is 33.3 Å². The molecule has 4 fully saturated rings. The van der Waals surface area contributed by atoms with Gasteiger partial charge in [-0.15, -0.1) is 0 Å². The van der Waals surface area contributed by atoms with Crippen molar-refractivity contribution in [2.75, 3.05) is 7.11 Å². The largest absolute Gasteiger partial charge is 0.469 e. The molecule has 294 valence electrons. The van der Waals surface area contributed by atoms with Gasteiger partial charge in [-0.05, 0) is 115 Å². The first kappa shape index (κ1) is 39.0. The van der Waals surface area contributed by atoms with Gasteiger partial charge >= 0.3 is 23.9 Å². The summed E-state index contributed by atoms with van der Waals surface area (Å²) in [7, 11) is 1.42. The summed E-state index contributed by atoms with van der Waals surface area (Å²) < 4.78 is 24.0. The molecule has 4 aliphatic carbocycles. The number of aliphatic hydroxyl groups is 1. The van der Waals surface area contributed by atoms with Crippen molar-refractivity contribution in [1.29, 1.82) is 0 Å². The summed E-state index contributed by atoms with van der Waals surface area (Å²) >= 11 is 0. The molecular weight excluding hydrogens is 696 g/mol. The minimum Gasteiger partial charge on any atom is -0.469 e. The second kappa shape index (κ2) is 15.7. The SMILES string of the molecule is COC(=O)CC[C@@H](C)[C@H]1CC[C@H]2[C@@H]3[C@H](OC(=O)c4ccc5ccccc5c4)C[C@H]4C[C@H](OC(=O)[C@H](O)c5ccccc5)CC[C@]4(C)[C@H]3C[C@H](OC(C)=O)[C@]12C. The molecule has 4 saturated carbocycles. The first-order valence-electron chi connectivity index (χ1n) is 20.2. The maximum Gasteiger partial charge on any atom is 0.339 e. The summed E-state index contributed by atoms with van der Waals surface area (Å²) in [5.74, 6) is -0.881. The summed E-state index contributed by atoms with van der Waals surface area (Å²) in [5.41, 5.74) is 0.419. The van der Waals surface area contributed by atoms with E-state index in [1.165, 1.54) is 14.0 Å². The number of hydrogen-bond donors (Lipinski definition) is 1. The molecule has 9 nitrogen and oxygen atoms in total. The van der Waals surface area contributed by atoms with Crippen molar-refractivity contribution in [3.05, 3.63) is 83.9 Å². The second-order valence-electron chi connectivity index (χ2n) is 17.4. The number of aliphatic hydroxyl groups excluding tert-OH is 1. The van der Waals surface area contributed by atoms with Gasteiger partial charge in [0.2, 0.25) is 0 Å². The summed E-state index contributed by atoms with van der Waals surface area (Å²) in [6.07, 6.45) is 3.65. The molecule has 4 aliphatic rings. The zero-order chi connectivity index (χ0) is 39.1. The molecule has 0 bridgehead atoms. The van der Waals surface area contributed by atoms with E-state index in [1.54, 1.807) is 24.3 Å². The first-order chi connectivity index (χ1) is 26.3. The molecule has 0 radical (unpaired) electrons. The number of methoxy groups -OCH3 is 1. The maximum atomic E-state index is 14.2. The van der Waals surface area contributed by atoms with E-state index in [2.05, 4.69) is 20.8 Å². The standard InChI is InChI=1S/C46H56O9/c1-27(15-20-40(48)52-5)35-18-19-36-41-37(26-39(46(35,36)4)53-28(2)47)45(3)22-21-34(54-44(51)42(49)30-12-7-6-8-13-30)24-33(45)25-38(41)55-43(50)32-17-16-29-11-9-10-14-31(29)23-32/h6-14,16-17,23,27,33-39,41-42,49H,15,18-22,24-26H2,1-5H3/t27-,33-,34-,35-,36+,37+,38-,39+,41+,42-,45+,46-/m1/s1. The molecule has 0 unspecified atom stereocenters. The molecule has 55 heavy (non-hydrogen) atoms. The molecule has 12 atom stereocenters. The van der Waals surface area contributed by atoms with Gasteiger partial charge in [0.25, 0.3) is 0 Å². The van der Waals surface area contributed by atoms with Gasteiger partial charge in [-0.25, -0.2) is 9.59 Å². The van der Waals surface area contributed by atoms with E-state index >= 15 is 0 Å². The van der Waals surface area contributed by atoms with E-state index in [-0.39, 0.29) is 76.5 Å². The van der Waals surface area contributed by atoms with Crippen LogP contribution in [0.1, 0.15) is 108 Å². The number of fused-ring (bicyclic) bond motifs is 6. The van der Waals surface area contributed by atoms with Crippen molar-refractivity contribution in [3.63, 3.8) is 0 Å². The first-order valence-corrected chi connectivity index (χ1v) is 20.2. The Morgan fingerprint density at radius 3 is 2.29 bits per heavy atom. The van der Waals surface area contributed by atoms with Gasteiger partial charge in [-0.1, -0.05) is 81.4 Å². The summed E-state index contributed by atoms with van der Waals surface area (Å²) in [6.45, 7) is 8.30. The Hall–Kier alpha value is -4.24. The van der Waals surface area contributed by atoms with Crippen LogP contribution in [0.15, 0.2) is 72.8 Å². The number of carbonyl (C=O) groups excluding carboxylic acids is 4. The van der Waals surface area contributed by atoms with Gasteiger partial charge < -0.3 is 24.1 Å². The van der Waals surface area contributed by atoms with Gasteiger partial charge in [0.1, 0.15) is 18.3 Å². The number of benzene rings is 3. The molecule has 0 aliphatic heterocycles. The van der Waals surface area contributed by atoms with E-state index < -0.39 is 18.2 Å². The van der Waals surface area contributed by atoms with Crippen LogP contribution in [0.25, 0.3) is 10.8 Å². The molecular formula is C46H56O9. The van der Waals surface area contributed by atoms with Crippen LogP contribution in [-0.4, -0.2) is 54.4 Å². The highest BCUT2D eigenvalue weighted by molar-refractivity contribution is 5.95. The third-order valence-corrected chi connectivity index (χ3v) is 14.6. The Morgan fingerprint density at radius 2 is 1.56 bits per heavy atom. The van der Waals surface area contributed by atoms with Gasteiger partial charge in [0, 0.05) is 24.7 Å². The smallest absolute Gasteiger partial charge is 0.339 e. The molecule has 0 spiro atoms. The monoisotopic (exact) mass is 752 g/mol. The average molecular weight is 753 g/mol. The lowest BCUT2D eigenvalue weighted by Crippen LogP contribution is -2.63. The van der Waals surface area contributed by atoms with Gasteiger partial charge in [0.05, 0.1) is 12.7 Å². The fourth-order valence-electron chi connectivity index (χ4n) is 11.8. The van der Waals surface area contributed by atoms with Crippen LogP contribution >= 0.6 is 0 Å². The lowest BCUT2D eigenvalue weighted by molar-refractivity contribution is -0.219. The average Bonchev–Trinajstić information content (AvgIpc) is 3.55. The minimum absolute atomic E-state index is 0.0271. The number of rotatable bonds is 10. The van der Waals surface area contributed by atoms with Gasteiger partial charge in [-0.3, -0.25) is 9.59 Å². The van der Waals surface area contributed by atoms with Crippen molar-refractivity contribution < 1.29 is 43.2 Å².